The maximum Gasteiger partial charge on any atom is 0.338 e. The average Bonchev–Trinajstić information content (AvgIpc) is 2.98. The predicted molar refractivity (Wildman–Crippen MR) is 87.1 cm³/mol. The smallest absolute Gasteiger partial charge is 0.338 e. The Morgan fingerprint density at radius 3 is 2.58 bits per heavy atom. The number of aromatic nitrogens is 3. The lowest BCUT2D eigenvalue weighted by atomic mass is 10.1. The van der Waals surface area contributed by atoms with E-state index < -0.39 is 18.0 Å². The van der Waals surface area contributed by atoms with E-state index in [0.29, 0.717) is 12.1 Å². The summed E-state index contributed by atoms with van der Waals surface area (Å²) in [6.07, 6.45) is -0.960. The number of carbonyl (C=O) groups excluding carboxylic acids is 2. The van der Waals surface area contributed by atoms with Crippen molar-refractivity contribution in [1.82, 2.24) is 15.0 Å². The molecule has 1 heterocycles. The molecule has 0 bridgehead atoms. The van der Waals surface area contributed by atoms with Crippen LogP contribution >= 0.6 is 0 Å². The van der Waals surface area contributed by atoms with Crippen LogP contribution in [0.15, 0.2) is 48.5 Å². The summed E-state index contributed by atoms with van der Waals surface area (Å²) >= 11 is 0. The molecule has 2 N–H and O–H groups in total. The average molecular weight is 324 g/mol. The van der Waals surface area contributed by atoms with Crippen molar-refractivity contribution in [1.29, 1.82) is 0 Å². The van der Waals surface area contributed by atoms with Crippen LogP contribution in [0.5, 0.6) is 0 Å². The summed E-state index contributed by atoms with van der Waals surface area (Å²) in [5.41, 5.74) is 8.17. The molecular weight excluding hydrogens is 308 g/mol. The highest BCUT2D eigenvalue weighted by Gasteiger charge is 2.16. The summed E-state index contributed by atoms with van der Waals surface area (Å²) in [7, 11) is 0. The number of primary amides is 1. The predicted octanol–water partition coefficient (Wildman–Crippen LogP) is 1.51. The van der Waals surface area contributed by atoms with Crippen LogP contribution in [-0.2, 0) is 16.1 Å². The normalized spacial score (nSPS) is 12.0. The second-order valence-corrected chi connectivity index (χ2v) is 5.38. The number of esters is 1. The molecule has 1 atom stereocenters. The van der Waals surface area contributed by atoms with Gasteiger partial charge in [0.25, 0.3) is 5.91 Å². The topological polar surface area (TPSA) is 100 Å². The molecule has 122 valence electrons. The molecule has 3 aromatic rings. The molecule has 1 aromatic heterocycles. The van der Waals surface area contributed by atoms with E-state index in [4.69, 9.17) is 10.5 Å². The third-order valence-electron chi connectivity index (χ3n) is 3.63. The van der Waals surface area contributed by atoms with Crippen molar-refractivity contribution in [3.05, 3.63) is 59.7 Å². The lowest BCUT2D eigenvalue weighted by Gasteiger charge is -2.10. The van der Waals surface area contributed by atoms with Crippen LogP contribution < -0.4 is 5.73 Å². The number of fused-ring (bicyclic) bond motifs is 1. The molecule has 0 spiro atoms. The van der Waals surface area contributed by atoms with E-state index in [-0.39, 0.29) is 0 Å². The number of hydrogen-bond donors (Lipinski definition) is 1. The summed E-state index contributed by atoms with van der Waals surface area (Å²) in [4.78, 5) is 22.8. The number of nitrogens with two attached hydrogens (primary N) is 1. The van der Waals surface area contributed by atoms with Crippen molar-refractivity contribution in [3.63, 3.8) is 0 Å². The minimum Gasteiger partial charge on any atom is -0.449 e. The number of para-hydroxylation sites is 1. The Labute approximate surface area is 138 Å². The fraction of sp³-hybridized carbons (Fsp3) is 0.176. The van der Waals surface area contributed by atoms with E-state index in [2.05, 4.69) is 10.3 Å². The number of ether oxygens (including phenoxy) is 1. The van der Waals surface area contributed by atoms with Crippen LogP contribution in [0.1, 0.15) is 22.8 Å². The van der Waals surface area contributed by atoms with Gasteiger partial charge in [0, 0.05) is 0 Å². The van der Waals surface area contributed by atoms with Gasteiger partial charge in [-0.2, -0.15) is 0 Å². The molecule has 0 aliphatic carbocycles. The zero-order valence-corrected chi connectivity index (χ0v) is 13.0. The van der Waals surface area contributed by atoms with Gasteiger partial charge >= 0.3 is 5.97 Å². The Morgan fingerprint density at radius 2 is 1.88 bits per heavy atom. The molecule has 0 saturated heterocycles. The van der Waals surface area contributed by atoms with Crippen molar-refractivity contribution in [2.75, 3.05) is 0 Å². The van der Waals surface area contributed by atoms with E-state index in [1.807, 2.05) is 36.4 Å². The third kappa shape index (κ3) is 3.24. The first kappa shape index (κ1) is 15.7. The van der Waals surface area contributed by atoms with Gasteiger partial charge in [-0.05, 0) is 36.8 Å². The standard InChI is InChI=1S/C17H16N4O3/c1-11(16(18)22)24-17(23)13-8-6-12(7-9-13)10-21-15-5-3-2-4-14(15)19-20-21/h2-9,11H,10H2,1H3,(H2,18,22)/t11-/m0/s1. The minimum absolute atomic E-state index is 0.357. The number of carbonyl (C=O) groups is 2. The fourth-order valence-electron chi connectivity index (χ4n) is 2.24. The van der Waals surface area contributed by atoms with Crippen molar-refractivity contribution in [2.24, 2.45) is 5.73 Å². The van der Waals surface area contributed by atoms with E-state index in [1.165, 1.54) is 6.92 Å². The molecule has 0 saturated carbocycles. The van der Waals surface area contributed by atoms with Gasteiger partial charge in [-0.1, -0.05) is 29.5 Å². The summed E-state index contributed by atoms with van der Waals surface area (Å²) < 4.78 is 6.75. The molecular formula is C17H16N4O3. The highest BCUT2D eigenvalue weighted by Crippen LogP contribution is 2.13. The molecule has 24 heavy (non-hydrogen) atoms. The van der Waals surface area contributed by atoms with Crippen molar-refractivity contribution < 1.29 is 14.3 Å². The van der Waals surface area contributed by atoms with E-state index >= 15 is 0 Å². The van der Waals surface area contributed by atoms with Crippen molar-refractivity contribution in [2.45, 2.75) is 19.6 Å². The molecule has 0 aliphatic heterocycles. The molecule has 3 rings (SSSR count). The summed E-state index contributed by atoms with van der Waals surface area (Å²) in [6, 6.07) is 14.6. The van der Waals surface area contributed by atoms with Gasteiger partial charge < -0.3 is 10.5 Å². The zero-order valence-electron chi connectivity index (χ0n) is 13.0. The van der Waals surface area contributed by atoms with Gasteiger partial charge in [0.05, 0.1) is 17.6 Å². The lowest BCUT2D eigenvalue weighted by molar-refractivity contribution is -0.125. The summed E-state index contributed by atoms with van der Waals surface area (Å²) in [5, 5.41) is 8.24. The molecule has 0 aliphatic rings. The van der Waals surface area contributed by atoms with Crippen LogP contribution in [0, 0.1) is 0 Å². The van der Waals surface area contributed by atoms with Crippen LogP contribution in [0.2, 0.25) is 0 Å². The highest BCUT2D eigenvalue weighted by molar-refractivity contribution is 5.91. The Hall–Kier alpha value is -3.22. The van der Waals surface area contributed by atoms with E-state index in [1.54, 1.807) is 16.8 Å². The summed E-state index contributed by atoms with van der Waals surface area (Å²) in [5.74, 6) is -1.27. The van der Waals surface area contributed by atoms with Crippen LogP contribution in [0.3, 0.4) is 0 Å². The molecule has 0 fully saturated rings. The van der Waals surface area contributed by atoms with Crippen molar-refractivity contribution in [3.8, 4) is 0 Å². The van der Waals surface area contributed by atoms with E-state index in [9.17, 15) is 9.59 Å². The third-order valence-corrected chi connectivity index (χ3v) is 3.63. The SMILES string of the molecule is C[C@H](OC(=O)c1ccc(Cn2nnc3ccccc32)cc1)C(N)=O. The molecule has 7 nitrogen and oxygen atoms in total. The highest BCUT2D eigenvalue weighted by atomic mass is 16.5. The van der Waals surface area contributed by atoms with Gasteiger partial charge in [0.1, 0.15) is 5.52 Å². The van der Waals surface area contributed by atoms with Gasteiger partial charge in [-0.25, -0.2) is 9.48 Å². The number of amides is 1. The molecule has 7 heteroatoms. The maximum atomic E-state index is 11.9. The first-order valence-corrected chi connectivity index (χ1v) is 7.42. The first-order chi connectivity index (χ1) is 11.5. The number of rotatable bonds is 5. The second-order valence-electron chi connectivity index (χ2n) is 5.38. The number of benzene rings is 2. The fourth-order valence-corrected chi connectivity index (χ4v) is 2.24. The van der Waals surface area contributed by atoms with Crippen molar-refractivity contribution >= 4 is 22.9 Å². The number of nitrogens with zero attached hydrogens (tertiary/aromatic N) is 3. The Kier molecular flexibility index (Phi) is 4.24. The summed E-state index contributed by atoms with van der Waals surface area (Å²) in [6.45, 7) is 1.97. The minimum atomic E-state index is -0.960. The largest absolute Gasteiger partial charge is 0.449 e. The molecule has 1 amide bonds. The Bertz CT molecular complexity index is 886. The number of hydrogen-bond acceptors (Lipinski definition) is 5. The Balaban J connectivity index is 1.73. The quantitative estimate of drug-likeness (QED) is 0.717. The van der Waals surface area contributed by atoms with Gasteiger partial charge in [-0.15, -0.1) is 5.10 Å². The van der Waals surface area contributed by atoms with E-state index in [0.717, 1.165) is 16.6 Å². The molecule has 0 unspecified atom stereocenters. The van der Waals surface area contributed by atoms with Gasteiger partial charge in [0.2, 0.25) is 0 Å². The zero-order chi connectivity index (χ0) is 17.1. The Morgan fingerprint density at radius 1 is 1.17 bits per heavy atom. The monoisotopic (exact) mass is 324 g/mol. The van der Waals surface area contributed by atoms with Crippen LogP contribution in [-0.4, -0.2) is 33.0 Å². The van der Waals surface area contributed by atoms with Gasteiger partial charge in [-0.3, -0.25) is 4.79 Å². The lowest BCUT2D eigenvalue weighted by Crippen LogP contribution is -2.30. The molecule has 2 aromatic carbocycles. The van der Waals surface area contributed by atoms with Crippen LogP contribution in [0.4, 0.5) is 0 Å². The first-order valence-electron chi connectivity index (χ1n) is 7.42. The molecule has 0 radical (unpaired) electrons. The van der Waals surface area contributed by atoms with Crippen LogP contribution in [0.25, 0.3) is 11.0 Å². The van der Waals surface area contributed by atoms with Gasteiger partial charge in [0.15, 0.2) is 6.10 Å². The second kappa shape index (κ2) is 6.49. The maximum absolute atomic E-state index is 11.9.